The van der Waals surface area contributed by atoms with Crippen molar-refractivity contribution < 1.29 is 19.1 Å². The molecule has 0 aliphatic heterocycles. The highest BCUT2D eigenvalue weighted by molar-refractivity contribution is 5.78. The third kappa shape index (κ3) is 6.14. The van der Waals surface area contributed by atoms with E-state index >= 15 is 0 Å². The molecule has 0 radical (unpaired) electrons. The highest BCUT2D eigenvalue weighted by Crippen LogP contribution is 2.18. The van der Waals surface area contributed by atoms with Crippen LogP contribution in [0.2, 0.25) is 0 Å². The summed E-state index contributed by atoms with van der Waals surface area (Å²) in [5, 5.41) is 0. The number of methoxy groups -OCH3 is 1. The van der Waals surface area contributed by atoms with Gasteiger partial charge in [-0.25, -0.2) is 4.79 Å². The summed E-state index contributed by atoms with van der Waals surface area (Å²) >= 11 is 0. The first kappa shape index (κ1) is 15.7. The molecule has 0 rings (SSSR count). The summed E-state index contributed by atoms with van der Waals surface area (Å²) in [5.74, 6) is -0.467. The Morgan fingerprint density at radius 2 is 1.53 bits per heavy atom. The van der Waals surface area contributed by atoms with Crippen LogP contribution in [0.4, 0.5) is 4.79 Å². The number of carbonyl (C=O) groups is 2. The summed E-state index contributed by atoms with van der Waals surface area (Å²) in [4.78, 5) is 24.6. The molecule has 0 spiro atoms. The third-order valence-electron chi connectivity index (χ3n) is 1.94. The minimum atomic E-state index is -0.587. The van der Waals surface area contributed by atoms with Gasteiger partial charge in [-0.05, 0) is 41.5 Å². The Balaban J connectivity index is 4.82. The van der Waals surface area contributed by atoms with Crippen LogP contribution in [-0.4, -0.2) is 41.8 Å². The van der Waals surface area contributed by atoms with Crippen LogP contribution in [0, 0.1) is 0 Å². The molecule has 0 unspecified atom stereocenters. The molecule has 0 fully saturated rings. The van der Waals surface area contributed by atoms with Crippen molar-refractivity contribution in [1.29, 1.82) is 0 Å². The monoisotopic (exact) mass is 245 g/mol. The van der Waals surface area contributed by atoms with E-state index in [1.165, 1.54) is 12.0 Å². The quantitative estimate of drug-likeness (QED) is 0.700. The molecule has 5 heteroatoms. The van der Waals surface area contributed by atoms with Crippen LogP contribution in [0.3, 0.4) is 0 Å². The van der Waals surface area contributed by atoms with Crippen molar-refractivity contribution in [3.63, 3.8) is 0 Å². The van der Waals surface area contributed by atoms with E-state index in [1.54, 1.807) is 20.8 Å². The van der Waals surface area contributed by atoms with Crippen LogP contribution in [0.5, 0.6) is 0 Å². The van der Waals surface area contributed by atoms with Gasteiger partial charge in [0.05, 0.1) is 7.11 Å². The van der Waals surface area contributed by atoms with Gasteiger partial charge in [0.2, 0.25) is 0 Å². The van der Waals surface area contributed by atoms with E-state index in [-0.39, 0.29) is 6.54 Å². The van der Waals surface area contributed by atoms with E-state index in [4.69, 9.17) is 4.74 Å². The average molecular weight is 245 g/mol. The molecule has 0 aromatic carbocycles. The van der Waals surface area contributed by atoms with Crippen molar-refractivity contribution in [3.8, 4) is 0 Å². The summed E-state index contributed by atoms with van der Waals surface area (Å²) in [6.07, 6.45) is -0.518. The number of ether oxygens (including phenoxy) is 2. The third-order valence-corrected chi connectivity index (χ3v) is 1.94. The molecular weight excluding hydrogens is 222 g/mol. The second-order valence-electron chi connectivity index (χ2n) is 5.81. The van der Waals surface area contributed by atoms with Gasteiger partial charge in [0, 0.05) is 5.54 Å². The van der Waals surface area contributed by atoms with Crippen molar-refractivity contribution in [2.75, 3.05) is 13.7 Å². The van der Waals surface area contributed by atoms with Gasteiger partial charge in [0.1, 0.15) is 12.1 Å². The summed E-state index contributed by atoms with van der Waals surface area (Å²) < 4.78 is 9.82. The van der Waals surface area contributed by atoms with Crippen LogP contribution >= 0.6 is 0 Å². The van der Waals surface area contributed by atoms with Crippen molar-refractivity contribution in [2.24, 2.45) is 0 Å². The van der Waals surface area contributed by atoms with E-state index in [1.807, 2.05) is 20.8 Å². The molecule has 0 aliphatic carbocycles. The molecular formula is C12H23NO4. The lowest BCUT2D eigenvalue weighted by Gasteiger charge is -2.35. The molecule has 1 amide bonds. The maximum Gasteiger partial charge on any atom is 0.411 e. The van der Waals surface area contributed by atoms with Gasteiger partial charge in [-0.15, -0.1) is 0 Å². The summed E-state index contributed by atoms with van der Waals surface area (Å²) in [6, 6.07) is 0. The predicted molar refractivity (Wildman–Crippen MR) is 64.7 cm³/mol. The summed E-state index contributed by atoms with van der Waals surface area (Å²) in [5.41, 5.74) is -1.09. The number of carbonyl (C=O) groups excluding carboxylic acids is 2. The Hall–Kier alpha value is -1.26. The van der Waals surface area contributed by atoms with Crippen LogP contribution < -0.4 is 0 Å². The first-order valence-electron chi connectivity index (χ1n) is 5.55. The predicted octanol–water partition coefficient (Wildman–Crippen LogP) is 2.20. The highest BCUT2D eigenvalue weighted by Gasteiger charge is 2.32. The van der Waals surface area contributed by atoms with Gasteiger partial charge in [0.25, 0.3) is 0 Å². The Kier molecular flexibility index (Phi) is 4.98. The Labute approximate surface area is 103 Å². The molecule has 0 saturated carbocycles. The lowest BCUT2D eigenvalue weighted by atomic mass is 10.1. The average Bonchev–Trinajstić information content (AvgIpc) is 2.08. The lowest BCUT2D eigenvalue weighted by Crippen LogP contribution is -2.50. The maximum atomic E-state index is 12.0. The van der Waals surface area contributed by atoms with Gasteiger partial charge in [-0.2, -0.15) is 0 Å². The van der Waals surface area contributed by atoms with Gasteiger partial charge in [0.15, 0.2) is 0 Å². The van der Waals surface area contributed by atoms with E-state index in [0.29, 0.717) is 0 Å². The minimum absolute atomic E-state index is 0.116. The molecule has 17 heavy (non-hydrogen) atoms. The van der Waals surface area contributed by atoms with Gasteiger partial charge in [-0.3, -0.25) is 9.69 Å². The Morgan fingerprint density at radius 1 is 1.06 bits per heavy atom. The van der Waals surface area contributed by atoms with Crippen molar-refractivity contribution in [3.05, 3.63) is 0 Å². The largest absolute Gasteiger partial charge is 0.468 e. The SMILES string of the molecule is COC(=O)CN(C(=O)OC(C)(C)C)C(C)(C)C. The van der Waals surface area contributed by atoms with E-state index in [9.17, 15) is 9.59 Å². The Bertz CT molecular complexity index is 286. The van der Waals surface area contributed by atoms with Gasteiger partial charge in [-0.1, -0.05) is 0 Å². The minimum Gasteiger partial charge on any atom is -0.468 e. The standard InChI is InChI=1S/C12H23NO4/c1-11(2,3)13(8-9(14)16-7)10(15)17-12(4,5)6/h8H2,1-7H3. The molecule has 0 N–H and O–H groups in total. The summed E-state index contributed by atoms with van der Waals surface area (Å²) in [6.45, 7) is 10.7. The molecule has 0 aliphatic rings. The molecule has 0 bridgehead atoms. The molecule has 0 aromatic heterocycles. The van der Waals surface area contributed by atoms with Crippen molar-refractivity contribution >= 4 is 12.1 Å². The molecule has 0 saturated heterocycles. The number of rotatable bonds is 2. The highest BCUT2D eigenvalue weighted by atomic mass is 16.6. The summed E-state index contributed by atoms with van der Waals surface area (Å²) in [7, 11) is 1.29. The van der Waals surface area contributed by atoms with Crippen molar-refractivity contribution in [1.82, 2.24) is 4.90 Å². The molecule has 0 atom stereocenters. The first-order valence-corrected chi connectivity index (χ1v) is 5.55. The molecule has 5 nitrogen and oxygen atoms in total. The fraction of sp³-hybridized carbons (Fsp3) is 0.833. The second-order valence-corrected chi connectivity index (χ2v) is 5.81. The fourth-order valence-electron chi connectivity index (χ4n) is 1.09. The zero-order valence-electron chi connectivity index (χ0n) is 11.8. The smallest absolute Gasteiger partial charge is 0.411 e. The van der Waals surface area contributed by atoms with E-state index in [2.05, 4.69) is 4.74 Å². The lowest BCUT2D eigenvalue weighted by molar-refractivity contribution is -0.143. The van der Waals surface area contributed by atoms with E-state index in [0.717, 1.165) is 0 Å². The Morgan fingerprint density at radius 3 is 1.82 bits per heavy atom. The van der Waals surface area contributed by atoms with Crippen LogP contribution in [0.1, 0.15) is 41.5 Å². The normalized spacial score (nSPS) is 11.9. The first-order chi connectivity index (χ1) is 7.47. The number of hydrogen-bond acceptors (Lipinski definition) is 4. The van der Waals surface area contributed by atoms with Crippen LogP contribution in [0.15, 0.2) is 0 Å². The fourth-order valence-corrected chi connectivity index (χ4v) is 1.09. The van der Waals surface area contributed by atoms with Crippen LogP contribution in [0.25, 0.3) is 0 Å². The van der Waals surface area contributed by atoms with Gasteiger partial charge >= 0.3 is 12.1 Å². The second kappa shape index (κ2) is 5.38. The van der Waals surface area contributed by atoms with E-state index < -0.39 is 23.2 Å². The molecule has 0 heterocycles. The maximum absolute atomic E-state index is 12.0. The zero-order valence-corrected chi connectivity index (χ0v) is 11.8. The topological polar surface area (TPSA) is 55.8 Å². The molecule has 0 aromatic rings. The number of amides is 1. The number of hydrogen-bond donors (Lipinski definition) is 0. The van der Waals surface area contributed by atoms with Gasteiger partial charge < -0.3 is 9.47 Å². The number of esters is 1. The number of nitrogens with zero attached hydrogens (tertiary/aromatic N) is 1. The van der Waals surface area contributed by atoms with Crippen molar-refractivity contribution in [2.45, 2.75) is 52.7 Å². The van der Waals surface area contributed by atoms with Crippen LogP contribution in [-0.2, 0) is 14.3 Å². The molecule has 100 valence electrons. The zero-order chi connectivity index (χ0) is 13.9.